The molecule has 0 aliphatic rings. The molecule has 136 valence electrons. The van der Waals surface area contributed by atoms with Gasteiger partial charge < -0.3 is 0 Å². The van der Waals surface area contributed by atoms with Crippen molar-refractivity contribution in [3.63, 3.8) is 0 Å². The molecule has 0 aromatic carbocycles. The van der Waals surface area contributed by atoms with Crippen LogP contribution in [-0.4, -0.2) is 11.6 Å². The highest BCUT2D eigenvalue weighted by molar-refractivity contribution is 6.00. The molecule has 0 aromatic rings. The van der Waals surface area contributed by atoms with Gasteiger partial charge in [0, 0.05) is 0 Å². The second kappa shape index (κ2) is 14.9. The number of unbranched alkanes of at least 4 members (excludes halogenated alkanes) is 8. The molecule has 2 heteroatoms. The molecule has 0 amide bonds. The van der Waals surface area contributed by atoms with E-state index in [4.69, 9.17) is 0 Å². The molecule has 0 radical (unpaired) electrons. The van der Waals surface area contributed by atoms with Crippen molar-refractivity contribution in [3.8, 4) is 0 Å². The van der Waals surface area contributed by atoms with Crippen LogP contribution >= 0.6 is 0 Å². The second-order valence-corrected chi connectivity index (χ2v) is 7.28. The van der Waals surface area contributed by atoms with E-state index in [2.05, 4.69) is 13.8 Å². The van der Waals surface area contributed by atoms with Gasteiger partial charge in [0.2, 0.25) is 0 Å². The van der Waals surface area contributed by atoms with Gasteiger partial charge in [-0.1, -0.05) is 90.9 Å². The predicted octanol–water partition coefficient (Wildman–Crippen LogP) is 6.51. The Hall–Kier alpha value is -0.660. The van der Waals surface area contributed by atoms with Gasteiger partial charge in [-0.3, -0.25) is 9.59 Å². The van der Waals surface area contributed by atoms with Gasteiger partial charge in [0.25, 0.3) is 0 Å². The summed E-state index contributed by atoms with van der Waals surface area (Å²) in [5.74, 6) is 0.306. The number of ketones is 2. The van der Waals surface area contributed by atoms with Crippen LogP contribution in [0.2, 0.25) is 0 Å². The molecule has 0 spiro atoms. The van der Waals surface area contributed by atoms with Crippen molar-refractivity contribution in [2.24, 2.45) is 11.8 Å². The summed E-state index contributed by atoms with van der Waals surface area (Å²) in [5, 5.41) is 0. The lowest BCUT2D eigenvalue weighted by Crippen LogP contribution is -2.23. The first-order chi connectivity index (χ1) is 11.0. The summed E-state index contributed by atoms with van der Waals surface area (Å²) in [6, 6.07) is 0. The smallest absolute Gasteiger partial charge is 0.140 e. The minimum Gasteiger partial charge on any atom is -0.299 e. The Kier molecular flexibility index (Phi) is 14.5. The quantitative estimate of drug-likeness (QED) is 0.239. The normalized spacial score (nSPS) is 12.6. The highest BCUT2D eigenvalue weighted by Gasteiger charge is 2.23. The van der Waals surface area contributed by atoms with Crippen LogP contribution in [0.25, 0.3) is 0 Å². The van der Waals surface area contributed by atoms with E-state index < -0.39 is 0 Å². The van der Waals surface area contributed by atoms with Gasteiger partial charge in [0.1, 0.15) is 11.6 Å². The molecule has 0 N–H and O–H groups in total. The summed E-state index contributed by atoms with van der Waals surface area (Å²) < 4.78 is 0. The first kappa shape index (κ1) is 22.3. The zero-order valence-corrected chi connectivity index (χ0v) is 16.2. The number of carbonyl (C=O) groups is 2. The maximum absolute atomic E-state index is 11.7. The molecule has 0 saturated heterocycles. The van der Waals surface area contributed by atoms with Crippen LogP contribution in [0.4, 0.5) is 0 Å². The molecule has 0 bridgehead atoms. The fourth-order valence-electron chi connectivity index (χ4n) is 3.40. The lowest BCUT2D eigenvalue weighted by atomic mass is 9.83. The topological polar surface area (TPSA) is 34.1 Å². The van der Waals surface area contributed by atoms with E-state index in [1.165, 1.54) is 77.0 Å². The van der Waals surface area contributed by atoms with Crippen molar-refractivity contribution in [2.75, 3.05) is 0 Å². The molecule has 0 aliphatic heterocycles. The first-order valence-electron chi connectivity index (χ1n) is 10.0. The summed E-state index contributed by atoms with van der Waals surface area (Å²) in [6.45, 7) is 7.63. The monoisotopic (exact) mass is 324 g/mol. The van der Waals surface area contributed by atoms with Crippen molar-refractivity contribution >= 4 is 11.6 Å². The Bertz CT molecular complexity index is 295. The van der Waals surface area contributed by atoms with Crippen molar-refractivity contribution in [2.45, 2.75) is 111 Å². The summed E-state index contributed by atoms with van der Waals surface area (Å²) in [6.07, 6.45) is 16.1. The van der Waals surface area contributed by atoms with Crippen LogP contribution in [0.3, 0.4) is 0 Å². The van der Waals surface area contributed by atoms with Gasteiger partial charge in [0.15, 0.2) is 0 Å². The molecule has 23 heavy (non-hydrogen) atoms. The highest BCUT2D eigenvalue weighted by atomic mass is 16.1. The lowest BCUT2D eigenvalue weighted by Gasteiger charge is -2.20. The third kappa shape index (κ3) is 12.4. The molecule has 0 saturated carbocycles. The van der Waals surface area contributed by atoms with Gasteiger partial charge in [-0.2, -0.15) is 0 Å². The first-order valence-corrected chi connectivity index (χ1v) is 10.0. The third-order valence-electron chi connectivity index (χ3n) is 4.98. The van der Waals surface area contributed by atoms with Gasteiger partial charge >= 0.3 is 0 Å². The SMILES string of the molecule is CCCCCCCCC(CCCCCC)CC(C(C)=O)C(C)=O. The van der Waals surface area contributed by atoms with Gasteiger partial charge in [-0.25, -0.2) is 0 Å². The third-order valence-corrected chi connectivity index (χ3v) is 4.98. The average molecular weight is 325 g/mol. The molecule has 0 fully saturated rings. The minimum absolute atomic E-state index is 0.0546. The molecule has 0 heterocycles. The summed E-state index contributed by atoms with van der Waals surface area (Å²) >= 11 is 0. The van der Waals surface area contributed by atoms with E-state index >= 15 is 0 Å². The van der Waals surface area contributed by atoms with E-state index in [0.29, 0.717) is 5.92 Å². The number of carbonyl (C=O) groups excluding carboxylic acids is 2. The maximum Gasteiger partial charge on any atom is 0.140 e. The number of hydrogen-bond acceptors (Lipinski definition) is 2. The van der Waals surface area contributed by atoms with Gasteiger partial charge in [-0.15, -0.1) is 0 Å². The number of hydrogen-bond donors (Lipinski definition) is 0. The minimum atomic E-state index is -0.355. The molecule has 0 aliphatic carbocycles. The van der Waals surface area contributed by atoms with Crippen molar-refractivity contribution in [1.29, 1.82) is 0 Å². The Labute approximate surface area is 144 Å². The average Bonchev–Trinajstić information content (AvgIpc) is 2.50. The van der Waals surface area contributed by atoms with Crippen molar-refractivity contribution in [3.05, 3.63) is 0 Å². The van der Waals surface area contributed by atoms with Crippen molar-refractivity contribution in [1.82, 2.24) is 0 Å². The molecular weight excluding hydrogens is 284 g/mol. The molecule has 1 atom stereocenters. The van der Waals surface area contributed by atoms with E-state index in [0.717, 1.165) is 6.42 Å². The molecule has 0 rings (SSSR count). The fraction of sp³-hybridized carbons (Fsp3) is 0.905. The fourth-order valence-corrected chi connectivity index (χ4v) is 3.40. The summed E-state index contributed by atoms with van der Waals surface area (Å²) in [4.78, 5) is 23.4. The van der Waals surface area contributed by atoms with E-state index in [1.54, 1.807) is 13.8 Å². The van der Waals surface area contributed by atoms with Crippen LogP contribution < -0.4 is 0 Å². The van der Waals surface area contributed by atoms with Crippen LogP contribution in [0.5, 0.6) is 0 Å². The number of rotatable bonds is 16. The standard InChI is InChI=1S/C21H40O2/c1-5-7-9-11-12-14-16-20(15-13-10-8-6-2)17-21(18(3)22)19(4)23/h20-21H,5-17H2,1-4H3. The summed E-state index contributed by atoms with van der Waals surface area (Å²) in [5.41, 5.74) is 0. The van der Waals surface area contributed by atoms with Gasteiger partial charge in [-0.05, 0) is 26.2 Å². The maximum atomic E-state index is 11.7. The molecular formula is C21H40O2. The van der Waals surface area contributed by atoms with Crippen LogP contribution in [0, 0.1) is 11.8 Å². The molecule has 1 unspecified atom stereocenters. The summed E-state index contributed by atoms with van der Waals surface area (Å²) in [7, 11) is 0. The van der Waals surface area contributed by atoms with E-state index in [-0.39, 0.29) is 17.5 Å². The zero-order chi connectivity index (χ0) is 17.5. The Morgan fingerprint density at radius 3 is 1.48 bits per heavy atom. The molecule has 0 aromatic heterocycles. The van der Waals surface area contributed by atoms with Crippen molar-refractivity contribution < 1.29 is 9.59 Å². The lowest BCUT2D eigenvalue weighted by molar-refractivity contribution is -0.131. The molecule has 2 nitrogen and oxygen atoms in total. The predicted molar refractivity (Wildman–Crippen MR) is 99.7 cm³/mol. The largest absolute Gasteiger partial charge is 0.299 e. The van der Waals surface area contributed by atoms with Crippen LogP contribution in [0.15, 0.2) is 0 Å². The zero-order valence-electron chi connectivity index (χ0n) is 16.2. The second-order valence-electron chi connectivity index (χ2n) is 7.28. The van der Waals surface area contributed by atoms with E-state index in [1.807, 2.05) is 0 Å². The van der Waals surface area contributed by atoms with Crippen LogP contribution in [0.1, 0.15) is 111 Å². The van der Waals surface area contributed by atoms with Crippen LogP contribution in [-0.2, 0) is 9.59 Å². The number of Topliss-reactive ketones (excluding diaryl/α,β-unsaturated/α-hetero) is 2. The van der Waals surface area contributed by atoms with E-state index in [9.17, 15) is 9.59 Å². The Balaban J connectivity index is 4.26. The highest BCUT2D eigenvalue weighted by Crippen LogP contribution is 2.26. The Morgan fingerprint density at radius 1 is 0.652 bits per heavy atom. The van der Waals surface area contributed by atoms with Gasteiger partial charge in [0.05, 0.1) is 5.92 Å². The Morgan fingerprint density at radius 2 is 1.04 bits per heavy atom.